The van der Waals surface area contributed by atoms with Crippen LogP contribution in [0.4, 0.5) is 0 Å². The summed E-state index contributed by atoms with van der Waals surface area (Å²) in [4.78, 5) is 2.56. The van der Waals surface area contributed by atoms with E-state index in [1.165, 1.54) is 25.9 Å². The van der Waals surface area contributed by atoms with Crippen LogP contribution in [-0.2, 0) is 4.74 Å². The molecule has 1 saturated heterocycles. The lowest BCUT2D eigenvalue weighted by molar-refractivity contribution is 0.0276. The molecule has 1 heterocycles. The molecule has 3 nitrogen and oxygen atoms in total. The van der Waals surface area contributed by atoms with E-state index in [0.29, 0.717) is 6.04 Å². The lowest BCUT2D eigenvalue weighted by atomic mass is 10.0. The SMILES string of the molecule is COCC(C)(C)N1CCCNC(C)CC1. The van der Waals surface area contributed by atoms with Gasteiger partial charge in [-0.15, -0.1) is 0 Å². The Balaban J connectivity index is 2.50. The third kappa shape index (κ3) is 4.09. The quantitative estimate of drug-likeness (QED) is 0.770. The second-order valence-electron chi connectivity index (χ2n) is 5.23. The van der Waals surface area contributed by atoms with Crippen LogP contribution in [-0.4, -0.2) is 49.8 Å². The summed E-state index contributed by atoms with van der Waals surface area (Å²) < 4.78 is 5.30. The van der Waals surface area contributed by atoms with Gasteiger partial charge in [-0.25, -0.2) is 0 Å². The number of nitrogens with one attached hydrogen (secondary N) is 1. The minimum absolute atomic E-state index is 0.172. The molecule has 0 aliphatic carbocycles. The van der Waals surface area contributed by atoms with E-state index in [4.69, 9.17) is 4.74 Å². The zero-order valence-electron chi connectivity index (χ0n) is 10.7. The molecule has 3 heteroatoms. The first-order chi connectivity index (χ1) is 7.06. The van der Waals surface area contributed by atoms with Crippen molar-refractivity contribution in [3.63, 3.8) is 0 Å². The van der Waals surface area contributed by atoms with E-state index < -0.39 is 0 Å². The van der Waals surface area contributed by atoms with Crippen molar-refractivity contribution in [1.29, 1.82) is 0 Å². The number of hydrogen-bond donors (Lipinski definition) is 1. The van der Waals surface area contributed by atoms with Gasteiger partial charge >= 0.3 is 0 Å². The highest BCUT2D eigenvalue weighted by Gasteiger charge is 2.27. The summed E-state index contributed by atoms with van der Waals surface area (Å²) in [6.45, 7) is 11.1. The van der Waals surface area contributed by atoms with Crippen molar-refractivity contribution < 1.29 is 4.74 Å². The highest BCUT2D eigenvalue weighted by Crippen LogP contribution is 2.17. The van der Waals surface area contributed by atoms with Crippen molar-refractivity contribution in [2.75, 3.05) is 33.4 Å². The molecule has 1 atom stereocenters. The molecular formula is C12H26N2O. The molecule has 0 bridgehead atoms. The molecule has 0 spiro atoms. The topological polar surface area (TPSA) is 24.5 Å². The minimum atomic E-state index is 0.172. The van der Waals surface area contributed by atoms with Crippen molar-refractivity contribution in [3.05, 3.63) is 0 Å². The van der Waals surface area contributed by atoms with Crippen LogP contribution in [0.3, 0.4) is 0 Å². The van der Waals surface area contributed by atoms with E-state index >= 15 is 0 Å². The highest BCUT2D eigenvalue weighted by atomic mass is 16.5. The molecule has 15 heavy (non-hydrogen) atoms. The van der Waals surface area contributed by atoms with Gasteiger partial charge in [0, 0.05) is 25.2 Å². The third-order valence-electron chi connectivity index (χ3n) is 3.28. The molecule has 1 N–H and O–H groups in total. The lowest BCUT2D eigenvalue weighted by Crippen LogP contribution is -2.51. The molecule has 0 amide bonds. The second-order valence-corrected chi connectivity index (χ2v) is 5.23. The summed E-state index contributed by atoms with van der Waals surface area (Å²) in [6, 6.07) is 0.645. The predicted molar refractivity (Wildman–Crippen MR) is 64.2 cm³/mol. The van der Waals surface area contributed by atoms with Gasteiger partial charge in [0.25, 0.3) is 0 Å². The van der Waals surface area contributed by atoms with E-state index in [1.807, 2.05) is 0 Å². The Morgan fingerprint density at radius 2 is 2.13 bits per heavy atom. The first-order valence-corrected chi connectivity index (χ1v) is 6.03. The van der Waals surface area contributed by atoms with Crippen LogP contribution in [0.15, 0.2) is 0 Å². The van der Waals surface area contributed by atoms with E-state index in [-0.39, 0.29) is 5.54 Å². The summed E-state index contributed by atoms with van der Waals surface area (Å²) in [6.07, 6.45) is 2.46. The summed E-state index contributed by atoms with van der Waals surface area (Å²) >= 11 is 0. The molecule has 1 aliphatic heterocycles. The maximum atomic E-state index is 5.30. The summed E-state index contributed by atoms with van der Waals surface area (Å²) in [5.41, 5.74) is 0.172. The smallest absolute Gasteiger partial charge is 0.0641 e. The number of nitrogens with zero attached hydrogens (tertiary/aromatic N) is 1. The molecule has 1 fully saturated rings. The van der Waals surface area contributed by atoms with Crippen molar-refractivity contribution in [2.45, 2.75) is 45.2 Å². The summed E-state index contributed by atoms with van der Waals surface area (Å²) in [5, 5.41) is 3.53. The fraction of sp³-hybridized carbons (Fsp3) is 1.00. The van der Waals surface area contributed by atoms with Gasteiger partial charge in [0.1, 0.15) is 0 Å². The number of ether oxygens (including phenoxy) is 1. The average Bonchev–Trinajstić information content (AvgIpc) is 2.11. The normalized spacial score (nSPS) is 26.0. The minimum Gasteiger partial charge on any atom is -0.383 e. The van der Waals surface area contributed by atoms with E-state index in [9.17, 15) is 0 Å². The summed E-state index contributed by atoms with van der Waals surface area (Å²) in [7, 11) is 1.79. The van der Waals surface area contributed by atoms with E-state index in [1.54, 1.807) is 7.11 Å². The standard InChI is InChI=1S/C12H26N2O/c1-11-6-9-14(8-5-7-13-11)12(2,3)10-15-4/h11,13H,5-10H2,1-4H3. The largest absolute Gasteiger partial charge is 0.383 e. The van der Waals surface area contributed by atoms with Crippen LogP contribution in [0.1, 0.15) is 33.6 Å². The summed E-state index contributed by atoms with van der Waals surface area (Å²) in [5.74, 6) is 0. The maximum absolute atomic E-state index is 5.30. The van der Waals surface area contributed by atoms with Gasteiger partial charge in [0.2, 0.25) is 0 Å². The Kier molecular flexibility index (Phi) is 5.03. The molecule has 0 aromatic heterocycles. The molecular weight excluding hydrogens is 188 g/mol. The maximum Gasteiger partial charge on any atom is 0.0641 e. The molecule has 90 valence electrons. The van der Waals surface area contributed by atoms with Crippen LogP contribution in [0.25, 0.3) is 0 Å². The Hall–Kier alpha value is -0.120. The van der Waals surface area contributed by atoms with Gasteiger partial charge in [-0.2, -0.15) is 0 Å². The van der Waals surface area contributed by atoms with Crippen molar-refractivity contribution in [3.8, 4) is 0 Å². The Morgan fingerprint density at radius 1 is 1.40 bits per heavy atom. The zero-order chi connectivity index (χ0) is 11.3. The second kappa shape index (κ2) is 5.83. The first-order valence-electron chi connectivity index (χ1n) is 6.03. The average molecular weight is 214 g/mol. The number of rotatable bonds is 3. The van der Waals surface area contributed by atoms with Gasteiger partial charge in [0.15, 0.2) is 0 Å². The fourth-order valence-electron chi connectivity index (χ4n) is 2.23. The van der Waals surface area contributed by atoms with Crippen LogP contribution >= 0.6 is 0 Å². The van der Waals surface area contributed by atoms with E-state index in [2.05, 4.69) is 31.0 Å². The number of methoxy groups -OCH3 is 1. The Morgan fingerprint density at radius 3 is 2.80 bits per heavy atom. The van der Waals surface area contributed by atoms with Gasteiger partial charge in [-0.1, -0.05) is 0 Å². The van der Waals surface area contributed by atoms with Crippen LogP contribution in [0.5, 0.6) is 0 Å². The Labute approximate surface area is 94.2 Å². The molecule has 0 aromatic carbocycles. The van der Waals surface area contributed by atoms with Crippen molar-refractivity contribution >= 4 is 0 Å². The first kappa shape index (κ1) is 12.9. The number of hydrogen-bond acceptors (Lipinski definition) is 3. The highest BCUT2D eigenvalue weighted by molar-refractivity contribution is 4.83. The third-order valence-corrected chi connectivity index (χ3v) is 3.28. The fourth-order valence-corrected chi connectivity index (χ4v) is 2.23. The molecule has 0 aromatic rings. The molecule has 0 radical (unpaired) electrons. The van der Waals surface area contributed by atoms with Crippen molar-refractivity contribution in [2.24, 2.45) is 0 Å². The van der Waals surface area contributed by atoms with E-state index in [0.717, 1.165) is 13.2 Å². The van der Waals surface area contributed by atoms with Gasteiger partial charge in [-0.05, 0) is 46.7 Å². The Bertz CT molecular complexity index is 182. The zero-order valence-corrected chi connectivity index (χ0v) is 10.7. The molecule has 1 unspecified atom stereocenters. The van der Waals surface area contributed by atoms with Crippen LogP contribution < -0.4 is 5.32 Å². The van der Waals surface area contributed by atoms with Gasteiger partial charge < -0.3 is 10.1 Å². The van der Waals surface area contributed by atoms with Gasteiger partial charge in [0.05, 0.1) is 6.61 Å². The predicted octanol–water partition coefficient (Wildman–Crippen LogP) is 1.49. The molecule has 1 aliphatic rings. The molecule has 1 rings (SSSR count). The van der Waals surface area contributed by atoms with Crippen LogP contribution in [0, 0.1) is 0 Å². The van der Waals surface area contributed by atoms with Crippen molar-refractivity contribution in [1.82, 2.24) is 10.2 Å². The monoisotopic (exact) mass is 214 g/mol. The van der Waals surface area contributed by atoms with Gasteiger partial charge in [-0.3, -0.25) is 4.90 Å². The lowest BCUT2D eigenvalue weighted by Gasteiger charge is -2.40. The van der Waals surface area contributed by atoms with Crippen LogP contribution in [0.2, 0.25) is 0 Å². The molecule has 0 saturated carbocycles.